The molecule has 0 saturated carbocycles. The first kappa shape index (κ1) is 23.6. The average Bonchev–Trinajstić information content (AvgIpc) is 2.22. The van der Waals surface area contributed by atoms with Crippen LogP contribution in [0.5, 0.6) is 0 Å². The van der Waals surface area contributed by atoms with Gasteiger partial charge in [-0.3, -0.25) is 4.74 Å². The molecule has 0 rings (SSSR count). The molecular weight excluding hydrogens is 512 g/mol. The zero-order valence-electron chi connectivity index (χ0n) is 9.96. The highest BCUT2D eigenvalue weighted by atomic mass is 127. The molecule has 24 heavy (non-hydrogen) atoms. The van der Waals surface area contributed by atoms with Crippen LogP contribution in [0.1, 0.15) is 0 Å². The smallest absolute Gasteiger partial charge is 0.262 e. The van der Waals surface area contributed by atoms with E-state index in [1.165, 1.54) is 4.74 Å². The zero-order valence-corrected chi connectivity index (χ0v) is 12.1. The molecule has 17 heteroatoms. The summed E-state index contributed by atoms with van der Waals surface area (Å²) in [5, 5.41) is 0. The van der Waals surface area contributed by atoms with Crippen LogP contribution >= 0.6 is 22.6 Å². The van der Waals surface area contributed by atoms with Gasteiger partial charge in [-0.25, -0.2) is 0 Å². The van der Waals surface area contributed by atoms with Crippen molar-refractivity contribution in [3.05, 3.63) is 0 Å². The van der Waals surface area contributed by atoms with E-state index in [4.69, 9.17) is 0 Å². The third-order valence-electron chi connectivity index (χ3n) is 2.11. The van der Waals surface area contributed by atoms with Crippen molar-refractivity contribution < 1.29 is 70.6 Å². The fourth-order valence-corrected chi connectivity index (χ4v) is 1.22. The number of hydrogen-bond acceptors (Lipinski definition) is 1. The highest BCUT2D eigenvalue weighted by molar-refractivity contribution is 14.1. The van der Waals surface area contributed by atoms with E-state index >= 15 is 0 Å². The molecule has 0 aliphatic carbocycles. The second-order valence-electron chi connectivity index (χ2n) is 3.86. The molecule has 0 N–H and O–H groups in total. The van der Waals surface area contributed by atoms with Crippen molar-refractivity contribution >= 4 is 22.6 Å². The topological polar surface area (TPSA) is 9.23 Å². The lowest BCUT2D eigenvalue weighted by molar-refractivity contribution is -0.517. The summed E-state index contributed by atoms with van der Waals surface area (Å²) in [5.74, 6) is -22.4. The van der Waals surface area contributed by atoms with E-state index in [0.29, 0.717) is 0 Å². The van der Waals surface area contributed by atoms with E-state index in [9.17, 15) is 65.9 Å². The van der Waals surface area contributed by atoms with Crippen LogP contribution in [0, 0.1) is 0 Å². The lowest BCUT2D eigenvalue weighted by atomic mass is 10.1. The van der Waals surface area contributed by atoms with Crippen molar-refractivity contribution in [3.8, 4) is 0 Å². The minimum Gasteiger partial charge on any atom is -0.262 e. The third-order valence-corrected chi connectivity index (χ3v) is 2.79. The summed E-state index contributed by atoms with van der Waals surface area (Å²) in [7, 11) is 0. The minimum absolute atomic E-state index is 0.836. The Morgan fingerprint density at radius 3 is 1.00 bits per heavy atom. The number of alkyl halides is 16. The molecular formula is C7F15IO. The van der Waals surface area contributed by atoms with Crippen LogP contribution in [0.3, 0.4) is 0 Å². The van der Waals surface area contributed by atoms with E-state index in [1.54, 1.807) is 0 Å². The van der Waals surface area contributed by atoms with Crippen molar-refractivity contribution in [2.24, 2.45) is 0 Å². The molecule has 0 aliphatic heterocycles. The van der Waals surface area contributed by atoms with Gasteiger partial charge in [-0.2, -0.15) is 65.9 Å². The Morgan fingerprint density at radius 1 is 0.500 bits per heavy atom. The maximum atomic E-state index is 12.8. The van der Waals surface area contributed by atoms with Crippen LogP contribution in [0.15, 0.2) is 0 Å². The number of rotatable bonds is 5. The summed E-state index contributed by atoms with van der Waals surface area (Å²) in [6.07, 6.45) is -22.6. The summed E-state index contributed by atoms with van der Waals surface area (Å²) in [4.78, 5) is 0. The van der Waals surface area contributed by atoms with Gasteiger partial charge in [-0.15, -0.1) is 0 Å². The van der Waals surface area contributed by atoms with Crippen LogP contribution in [-0.4, -0.2) is 40.1 Å². The molecule has 0 unspecified atom stereocenters. The molecule has 0 heterocycles. The van der Waals surface area contributed by atoms with Gasteiger partial charge in [0.1, 0.15) is 0 Å². The molecule has 0 radical (unpaired) electrons. The molecule has 0 aromatic heterocycles. The highest BCUT2D eigenvalue weighted by Gasteiger charge is 2.86. The molecule has 0 bridgehead atoms. The normalized spacial score (nSPS) is 16.5. The van der Waals surface area contributed by atoms with Crippen LogP contribution in [-0.2, 0) is 4.74 Å². The van der Waals surface area contributed by atoms with Crippen molar-refractivity contribution in [2.45, 2.75) is 40.1 Å². The molecule has 0 fully saturated rings. The van der Waals surface area contributed by atoms with E-state index in [-0.39, 0.29) is 0 Å². The molecule has 0 saturated heterocycles. The lowest BCUT2D eigenvalue weighted by Crippen LogP contribution is -2.66. The van der Waals surface area contributed by atoms with Gasteiger partial charge in [0, 0.05) is 22.6 Å². The van der Waals surface area contributed by atoms with Gasteiger partial charge < -0.3 is 0 Å². The molecule has 0 aromatic rings. The second kappa shape index (κ2) is 5.83. The van der Waals surface area contributed by atoms with Gasteiger partial charge in [-0.1, -0.05) is 0 Å². The van der Waals surface area contributed by atoms with Crippen molar-refractivity contribution in [1.29, 1.82) is 0 Å². The Balaban J connectivity index is 6.17. The number of halogens is 16. The Bertz CT molecular complexity index is 442. The summed E-state index contributed by atoms with van der Waals surface area (Å²) in [6.45, 7) is 0. The molecule has 0 atom stereocenters. The monoisotopic (exact) mass is 512 g/mol. The van der Waals surface area contributed by atoms with Crippen molar-refractivity contribution in [2.75, 3.05) is 0 Å². The highest BCUT2D eigenvalue weighted by Crippen LogP contribution is 2.58. The summed E-state index contributed by atoms with van der Waals surface area (Å²) in [6, 6.07) is 0. The third kappa shape index (κ3) is 3.59. The first-order valence-electron chi connectivity index (χ1n) is 4.68. The molecule has 1 nitrogen and oxygen atoms in total. The first-order valence-corrected chi connectivity index (χ1v) is 5.76. The van der Waals surface area contributed by atoms with Crippen molar-refractivity contribution in [1.82, 2.24) is 0 Å². The Labute approximate surface area is 134 Å². The minimum atomic E-state index is -7.67. The Kier molecular flexibility index (Phi) is 5.74. The Morgan fingerprint density at radius 2 is 0.792 bits per heavy atom. The fourth-order valence-electron chi connectivity index (χ4n) is 0.878. The Hall–Kier alpha value is -0.360. The predicted octanol–water partition coefficient (Wildman–Crippen LogP) is 5.68. The second-order valence-corrected chi connectivity index (χ2v) is 5.21. The van der Waals surface area contributed by atoms with E-state index in [2.05, 4.69) is 0 Å². The molecule has 0 aromatic carbocycles. The SMILES string of the molecule is FC(F)(F)C(F)(OC(F)(F)C(F)(F)C(F)(F)C(F)(F)I)C(F)(F)F. The van der Waals surface area contributed by atoms with Gasteiger partial charge >= 0.3 is 40.1 Å². The summed E-state index contributed by atoms with van der Waals surface area (Å²) in [5.41, 5.74) is 0. The fraction of sp³-hybridized carbons (Fsp3) is 1.00. The molecule has 0 spiro atoms. The van der Waals surface area contributed by atoms with Gasteiger partial charge in [-0.05, 0) is 0 Å². The van der Waals surface area contributed by atoms with E-state index in [0.717, 1.165) is 0 Å². The van der Waals surface area contributed by atoms with Crippen molar-refractivity contribution in [3.63, 3.8) is 0 Å². The van der Waals surface area contributed by atoms with Crippen LogP contribution in [0.2, 0.25) is 0 Å². The van der Waals surface area contributed by atoms with E-state index < -0.39 is 62.7 Å². The largest absolute Gasteiger partial charge is 0.458 e. The number of ether oxygens (including phenoxy) is 1. The van der Waals surface area contributed by atoms with Crippen LogP contribution in [0.4, 0.5) is 65.9 Å². The van der Waals surface area contributed by atoms with Crippen LogP contribution in [0.25, 0.3) is 0 Å². The summed E-state index contributed by atoms with van der Waals surface area (Å²) >= 11 is -0.836. The average molecular weight is 512 g/mol. The zero-order chi connectivity index (χ0) is 20.2. The van der Waals surface area contributed by atoms with Gasteiger partial charge in [0.25, 0.3) is 0 Å². The van der Waals surface area contributed by atoms with Gasteiger partial charge in [0.15, 0.2) is 0 Å². The first-order chi connectivity index (χ1) is 9.96. The maximum Gasteiger partial charge on any atom is 0.458 e. The lowest BCUT2D eigenvalue weighted by Gasteiger charge is -2.38. The number of hydrogen-bond donors (Lipinski definition) is 0. The van der Waals surface area contributed by atoms with Crippen LogP contribution < -0.4 is 0 Å². The molecule has 146 valence electrons. The standard InChI is InChI=1S/C7F15IO/c8-1(9,6(19,20)23)2(10,11)7(21,22)24-3(12,4(13,14)15)5(16,17)18. The maximum absolute atomic E-state index is 12.8. The van der Waals surface area contributed by atoms with Gasteiger partial charge in [0.2, 0.25) is 0 Å². The van der Waals surface area contributed by atoms with E-state index in [1.807, 2.05) is 0 Å². The molecule has 0 amide bonds. The summed E-state index contributed by atoms with van der Waals surface area (Å²) < 4.78 is 180. The quantitative estimate of drug-likeness (QED) is 0.262. The van der Waals surface area contributed by atoms with Gasteiger partial charge in [0.05, 0.1) is 0 Å². The predicted molar refractivity (Wildman–Crippen MR) is 50.8 cm³/mol. The molecule has 0 aliphatic rings.